The molecule has 1 saturated carbocycles. The Bertz CT molecular complexity index is 897. The molecule has 1 amide bonds. The van der Waals surface area contributed by atoms with Crippen LogP contribution in [0.2, 0.25) is 0 Å². The number of rotatable bonds is 4. The number of aryl methyl sites for hydroxylation is 2. The third-order valence-corrected chi connectivity index (χ3v) is 6.75. The van der Waals surface area contributed by atoms with E-state index in [1.54, 1.807) is 4.90 Å². The first-order chi connectivity index (χ1) is 14.1. The van der Waals surface area contributed by atoms with Crippen molar-refractivity contribution in [3.63, 3.8) is 0 Å². The van der Waals surface area contributed by atoms with Crippen molar-refractivity contribution in [2.75, 3.05) is 18.4 Å². The summed E-state index contributed by atoms with van der Waals surface area (Å²) in [7, 11) is 1.91. The van der Waals surface area contributed by atoms with Gasteiger partial charge in [0.1, 0.15) is 11.5 Å². The number of amides is 1. The lowest BCUT2D eigenvalue weighted by molar-refractivity contribution is 0.0881. The van der Waals surface area contributed by atoms with Crippen LogP contribution < -0.4 is 5.32 Å². The molecule has 30 heavy (non-hydrogen) atoms. The van der Waals surface area contributed by atoms with Gasteiger partial charge in [-0.15, -0.1) is 10.2 Å². The molecule has 2 fully saturated rings. The number of hydrogen-bond donors (Lipinski definition) is 2. The Morgan fingerprint density at radius 2 is 2.03 bits per heavy atom. The second kappa shape index (κ2) is 7.56. The molecule has 2 aliphatic rings. The number of likely N-dealkylation sites (tertiary alicyclic amines) is 1. The maximum absolute atomic E-state index is 11.7. The molecule has 3 heterocycles. The van der Waals surface area contributed by atoms with Gasteiger partial charge in [-0.3, -0.25) is 4.68 Å². The average molecular weight is 413 g/mol. The topological polar surface area (TPSA) is 96.2 Å². The van der Waals surface area contributed by atoms with Crippen molar-refractivity contribution < 1.29 is 9.90 Å². The van der Waals surface area contributed by atoms with E-state index in [1.807, 2.05) is 37.0 Å². The fourth-order valence-electron chi connectivity index (χ4n) is 5.66. The van der Waals surface area contributed by atoms with Crippen molar-refractivity contribution >= 4 is 11.9 Å². The van der Waals surface area contributed by atoms with Crippen LogP contribution in [-0.4, -0.2) is 55.2 Å². The van der Waals surface area contributed by atoms with Gasteiger partial charge in [0.05, 0.1) is 11.9 Å². The van der Waals surface area contributed by atoms with E-state index in [-0.39, 0.29) is 11.5 Å². The van der Waals surface area contributed by atoms with Gasteiger partial charge in [0.25, 0.3) is 0 Å². The summed E-state index contributed by atoms with van der Waals surface area (Å²) in [6, 6.07) is 4.03. The summed E-state index contributed by atoms with van der Waals surface area (Å²) in [5, 5.41) is 26.1. The third kappa shape index (κ3) is 3.75. The van der Waals surface area contributed by atoms with Crippen LogP contribution in [0.1, 0.15) is 39.2 Å². The van der Waals surface area contributed by atoms with Crippen molar-refractivity contribution in [2.24, 2.45) is 30.2 Å². The van der Waals surface area contributed by atoms with Crippen molar-refractivity contribution in [3.8, 4) is 11.4 Å². The number of anilines is 1. The van der Waals surface area contributed by atoms with Crippen LogP contribution in [0.25, 0.3) is 11.4 Å². The zero-order chi connectivity index (χ0) is 21.6. The fraction of sp³-hybridized carbons (Fsp3) is 0.636. The second-order valence-electron chi connectivity index (χ2n) is 9.99. The van der Waals surface area contributed by atoms with Gasteiger partial charge >= 0.3 is 6.09 Å². The summed E-state index contributed by atoms with van der Waals surface area (Å²) in [6.45, 7) is 9.99. The minimum atomic E-state index is -0.780. The van der Waals surface area contributed by atoms with Crippen LogP contribution in [0.15, 0.2) is 18.3 Å². The molecule has 4 atom stereocenters. The Labute approximate surface area is 177 Å². The molecule has 0 spiro atoms. The van der Waals surface area contributed by atoms with Crippen LogP contribution in [-0.2, 0) is 7.05 Å². The van der Waals surface area contributed by atoms with Gasteiger partial charge in [-0.1, -0.05) is 20.8 Å². The quantitative estimate of drug-likeness (QED) is 0.796. The second-order valence-corrected chi connectivity index (χ2v) is 9.99. The lowest BCUT2D eigenvalue weighted by Gasteiger charge is -2.37. The molecule has 8 nitrogen and oxygen atoms in total. The van der Waals surface area contributed by atoms with Gasteiger partial charge in [-0.05, 0) is 60.6 Å². The molecular formula is C22H32N6O2. The molecule has 8 heteroatoms. The summed E-state index contributed by atoms with van der Waals surface area (Å²) in [6.07, 6.45) is 3.17. The van der Waals surface area contributed by atoms with E-state index >= 15 is 0 Å². The van der Waals surface area contributed by atoms with Gasteiger partial charge in [-0.2, -0.15) is 5.10 Å². The lowest BCUT2D eigenvalue weighted by Crippen LogP contribution is -2.45. The maximum atomic E-state index is 11.7. The molecule has 162 valence electrons. The van der Waals surface area contributed by atoms with Gasteiger partial charge in [0.15, 0.2) is 0 Å². The summed E-state index contributed by atoms with van der Waals surface area (Å²) in [5.74, 6) is 2.20. The van der Waals surface area contributed by atoms with Gasteiger partial charge in [0.2, 0.25) is 0 Å². The summed E-state index contributed by atoms with van der Waals surface area (Å²) in [5.41, 5.74) is 2.82. The van der Waals surface area contributed by atoms with E-state index in [0.717, 1.165) is 42.2 Å². The Morgan fingerprint density at radius 1 is 1.27 bits per heavy atom. The van der Waals surface area contributed by atoms with E-state index in [9.17, 15) is 9.90 Å². The van der Waals surface area contributed by atoms with Crippen LogP contribution in [0.4, 0.5) is 10.6 Å². The first-order valence-corrected chi connectivity index (χ1v) is 10.7. The first kappa shape index (κ1) is 20.6. The first-order valence-electron chi connectivity index (χ1n) is 10.7. The minimum Gasteiger partial charge on any atom is -0.465 e. The number of carbonyl (C=O) groups is 1. The zero-order valence-electron chi connectivity index (χ0n) is 18.5. The maximum Gasteiger partial charge on any atom is 0.407 e. The fourth-order valence-corrected chi connectivity index (χ4v) is 5.66. The molecule has 1 saturated heterocycles. The predicted molar refractivity (Wildman–Crippen MR) is 115 cm³/mol. The number of carboxylic acid groups (broad SMARTS) is 1. The van der Waals surface area contributed by atoms with Gasteiger partial charge in [0, 0.05) is 26.2 Å². The Balaban J connectivity index is 1.38. The highest BCUT2D eigenvalue weighted by Crippen LogP contribution is 2.50. The van der Waals surface area contributed by atoms with E-state index < -0.39 is 6.09 Å². The highest BCUT2D eigenvalue weighted by atomic mass is 16.4. The molecule has 0 aromatic carbocycles. The average Bonchev–Trinajstić information content (AvgIpc) is 3.32. The minimum absolute atomic E-state index is 0.0502. The Morgan fingerprint density at radius 3 is 2.60 bits per heavy atom. The highest BCUT2D eigenvalue weighted by Gasteiger charge is 2.52. The van der Waals surface area contributed by atoms with Crippen LogP contribution in [0, 0.1) is 30.1 Å². The van der Waals surface area contributed by atoms with Gasteiger partial charge < -0.3 is 15.3 Å². The smallest absolute Gasteiger partial charge is 0.407 e. The zero-order valence-corrected chi connectivity index (χ0v) is 18.5. The SMILES string of the molecule is Cc1cnn(C)c1-c1ccc(NC[C@H]2C[C@H]3CN(C(=O)O)C(C(C)(C)C)[C@H]3C2)nn1. The molecule has 1 unspecified atom stereocenters. The van der Waals surface area contributed by atoms with Crippen molar-refractivity contribution in [3.05, 3.63) is 23.9 Å². The number of nitrogens with one attached hydrogen (secondary N) is 1. The molecule has 0 bridgehead atoms. The largest absolute Gasteiger partial charge is 0.465 e. The standard InChI is InChI=1S/C22H32N6O2/c1-13-10-24-27(5)19(13)17-6-7-18(26-25-17)23-11-14-8-15-12-28(21(29)30)20(16(15)9-14)22(2,3)4/h6-7,10,14-16,20H,8-9,11-12H2,1-5H3,(H,23,26)(H,29,30)/t14-,15-,16-,20?/m0/s1. The van der Waals surface area contributed by atoms with Crippen molar-refractivity contribution in [1.82, 2.24) is 24.9 Å². The molecule has 2 aromatic rings. The van der Waals surface area contributed by atoms with E-state index in [2.05, 4.69) is 41.4 Å². The molecule has 2 N–H and O–H groups in total. The number of hydrogen-bond acceptors (Lipinski definition) is 5. The molecule has 2 aromatic heterocycles. The van der Waals surface area contributed by atoms with Crippen molar-refractivity contribution in [1.29, 1.82) is 0 Å². The summed E-state index contributed by atoms with van der Waals surface area (Å²) < 4.78 is 1.82. The van der Waals surface area contributed by atoms with Crippen LogP contribution in [0.3, 0.4) is 0 Å². The van der Waals surface area contributed by atoms with Crippen LogP contribution >= 0.6 is 0 Å². The van der Waals surface area contributed by atoms with E-state index in [4.69, 9.17) is 0 Å². The van der Waals surface area contributed by atoms with Gasteiger partial charge in [-0.25, -0.2) is 4.79 Å². The summed E-state index contributed by atoms with van der Waals surface area (Å²) >= 11 is 0. The molecule has 4 rings (SSSR count). The predicted octanol–water partition coefficient (Wildman–Crippen LogP) is 3.65. The molecule has 1 aliphatic heterocycles. The highest BCUT2D eigenvalue weighted by molar-refractivity contribution is 5.66. The van der Waals surface area contributed by atoms with E-state index in [0.29, 0.717) is 24.3 Å². The monoisotopic (exact) mass is 412 g/mol. The van der Waals surface area contributed by atoms with E-state index in [1.165, 1.54) is 0 Å². The number of aromatic nitrogens is 4. The van der Waals surface area contributed by atoms with Crippen LogP contribution in [0.5, 0.6) is 0 Å². The normalized spacial score (nSPS) is 26.1. The van der Waals surface area contributed by atoms with Crippen molar-refractivity contribution in [2.45, 2.75) is 46.6 Å². The molecular weight excluding hydrogens is 380 g/mol. The molecule has 1 aliphatic carbocycles. The Kier molecular flexibility index (Phi) is 5.20. The molecule has 0 radical (unpaired) electrons. The lowest BCUT2D eigenvalue weighted by atomic mass is 9.77. The third-order valence-electron chi connectivity index (χ3n) is 6.75. The summed E-state index contributed by atoms with van der Waals surface area (Å²) in [4.78, 5) is 13.4. The number of nitrogens with zero attached hydrogens (tertiary/aromatic N) is 5. The number of fused-ring (bicyclic) bond motifs is 1. The Hall–Kier alpha value is -2.64.